The molecular formula is C16H14BrNO5S. The molecule has 0 N–H and O–H groups in total. The van der Waals surface area contributed by atoms with Crippen LogP contribution >= 0.6 is 27.7 Å². The first-order valence-corrected chi connectivity index (χ1v) is 8.69. The molecule has 2 rings (SSSR count). The van der Waals surface area contributed by atoms with Crippen LogP contribution in [0.4, 0.5) is 5.69 Å². The summed E-state index contributed by atoms with van der Waals surface area (Å²) in [5, 5.41) is 11.1. The highest BCUT2D eigenvalue weighted by molar-refractivity contribution is 9.10. The van der Waals surface area contributed by atoms with Crippen molar-refractivity contribution < 1.29 is 19.2 Å². The SMILES string of the molecule is COc1ccc(OC(=O)CCSc2ccccc2Br)c([N+](=O)[O-])c1. The Hall–Kier alpha value is -2.06. The molecule has 0 aliphatic carbocycles. The maximum Gasteiger partial charge on any atom is 0.315 e. The summed E-state index contributed by atoms with van der Waals surface area (Å²) >= 11 is 4.93. The standard InChI is InChI=1S/C16H14BrNO5S/c1-22-11-6-7-14(13(10-11)18(20)21)23-16(19)8-9-24-15-5-3-2-4-12(15)17/h2-7,10H,8-9H2,1H3. The van der Waals surface area contributed by atoms with Crippen LogP contribution in [-0.4, -0.2) is 23.8 Å². The molecule has 0 amide bonds. The molecule has 0 saturated heterocycles. The van der Waals surface area contributed by atoms with E-state index >= 15 is 0 Å². The maximum absolute atomic E-state index is 11.9. The van der Waals surface area contributed by atoms with Gasteiger partial charge in [0.05, 0.1) is 24.5 Å². The van der Waals surface area contributed by atoms with Crippen molar-refractivity contribution in [1.29, 1.82) is 0 Å². The van der Waals surface area contributed by atoms with Crippen molar-refractivity contribution >= 4 is 39.3 Å². The van der Waals surface area contributed by atoms with E-state index in [-0.39, 0.29) is 17.9 Å². The summed E-state index contributed by atoms with van der Waals surface area (Å²) in [5.41, 5.74) is -0.304. The molecule has 2 aromatic carbocycles. The molecule has 0 heterocycles. The number of nitro benzene ring substituents is 1. The molecule has 0 spiro atoms. The number of carbonyl (C=O) groups is 1. The molecule has 2 aromatic rings. The number of nitro groups is 1. The number of ether oxygens (including phenoxy) is 2. The first-order chi connectivity index (χ1) is 11.5. The molecule has 0 unspecified atom stereocenters. The molecule has 0 atom stereocenters. The summed E-state index contributed by atoms with van der Waals surface area (Å²) in [6.07, 6.45) is 0.134. The van der Waals surface area contributed by atoms with Gasteiger partial charge in [-0.3, -0.25) is 14.9 Å². The van der Waals surface area contributed by atoms with Crippen molar-refractivity contribution in [1.82, 2.24) is 0 Å². The first kappa shape index (κ1) is 18.3. The van der Waals surface area contributed by atoms with Gasteiger partial charge < -0.3 is 9.47 Å². The number of carbonyl (C=O) groups excluding carboxylic acids is 1. The zero-order valence-corrected chi connectivity index (χ0v) is 15.1. The van der Waals surface area contributed by atoms with E-state index in [0.29, 0.717) is 11.5 Å². The van der Waals surface area contributed by atoms with Crippen molar-refractivity contribution in [3.8, 4) is 11.5 Å². The fraction of sp³-hybridized carbons (Fsp3) is 0.188. The summed E-state index contributed by atoms with van der Waals surface area (Å²) in [7, 11) is 1.41. The Morgan fingerprint density at radius 2 is 2.04 bits per heavy atom. The van der Waals surface area contributed by atoms with Crippen LogP contribution in [0, 0.1) is 10.1 Å². The van der Waals surface area contributed by atoms with Crippen LogP contribution in [0.5, 0.6) is 11.5 Å². The number of hydrogen-bond donors (Lipinski definition) is 0. The lowest BCUT2D eigenvalue weighted by atomic mass is 10.3. The molecule has 0 fully saturated rings. The monoisotopic (exact) mass is 411 g/mol. The number of esters is 1. The predicted octanol–water partition coefficient (Wildman–Crippen LogP) is 4.45. The Labute approximate surface area is 151 Å². The molecule has 0 aromatic heterocycles. The van der Waals surface area contributed by atoms with Crippen LogP contribution in [-0.2, 0) is 4.79 Å². The van der Waals surface area contributed by atoms with E-state index in [2.05, 4.69) is 15.9 Å². The van der Waals surface area contributed by atoms with Crippen LogP contribution in [0.1, 0.15) is 6.42 Å². The molecule has 8 heteroatoms. The van der Waals surface area contributed by atoms with Crippen molar-refractivity contribution in [3.05, 3.63) is 57.1 Å². The van der Waals surface area contributed by atoms with Gasteiger partial charge >= 0.3 is 11.7 Å². The molecule has 0 bridgehead atoms. The van der Waals surface area contributed by atoms with E-state index in [1.807, 2.05) is 24.3 Å². The lowest BCUT2D eigenvalue weighted by Gasteiger charge is -2.07. The van der Waals surface area contributed by atoms with Crippen molar-refractivity contribution in [2.45, 2.75) is 11.3 Å². The van der Waals surface area contributed by atoms with Gasteiger partial charge in [0.25, 0.3) is 0 Å². The predicted molar refractivity (Wildman–Crippen MR) is 94.8 cm³/mol. The second kappa shape index (κ2) is 8.70. The van der Waals surface area contributed by atoms with Gasteiger partial charge in [-0.05, 0) is 40.2 Å². The molecule has 0 radical (unpaired) electrons. The van der Waals surface area contributed by atoms with E-state index in [1.165, 1.54) is 37.1 Å². The molecule has 6 nitrogen and oxygen atoms in total. The minimum Gasteiger partial charge on any atom is -0.496 e. The molecule has 126 valence electrons. The van der Waals surface area contributed by atoms with Crippen molar-refractivity contribution in [2.75, 3.05) is 12.9 Å². The summed E-state index contributed by atoms with van der Waals surface area (Å²) in [6, 6.07) is 11.8. The van der Waals surface area contributed by atoms with Gasteiger partial charge in [-0.15, -0.1) is 11.8 Å². The van der Waals surface area contributed by atoms with E-state index in [1.54, 1.807) is 0 Å². The average Bonchev–Trinajstić information content (AvgIpc) is 2.56. The normalized spacial score (nSPS) is 10.2. The number of thioether (sulfide) groups is 1. The zero-order chi connectivity index (χ0) is 17.5. The summed E-state index contributed by atoms with van der Waals surface area (Å²) in [6.45, 7) is 0. The maximum atomic E-state index is 11.9. The lowest BCUT2D eigenvalue weighted by Crippen LogP contribution is -2.10. The van der Waals surface area contributed by atoms with Gasteiger partial charge in [0, 0.05) is 15.1 Å². The second-order valence-corrected chi connectivity index (χ2v) is 6.58. The van der Waals surface area contributed by atoms with Crippen molar-refractivity contribution in [3.63, 3.8) is 0 Å². The molecule has 0 saturated carbocycles. The van der Waals surface area contributed by atoms with Crippen LogP contribution in [0.15, 0.2) is 51.8 Å². The Morgan fingerprint density at radius 1 is 1.29 bits per heavy atom. The summed E-state index contributed by atoms with van der Waals surface area (Å²) in [5.74, 6) is 0.219. The number of hydrogen-bond acceptors (Lipinski definition) is 6. The quantitative estimate of drug-likeness (QED) is 0.220. The zero-order valence-electron chi connectivity index (χ0n) is 12.7. The van der Waals surface area contributed by atoms with Gasteiger partial charge in [0.15, 0.2) is 0 Å². The Kier molecular flexibility index (Phi) is 6.62. The van der Waals surface area contributed by atoms with Crippen LogP contribution in [0.3, 0.4) is 0 Å². The van der Waals surface area contributed by atoms with E-state index in [0.717, 1.165) is 9.37 Å². The molecule has 0 aliphatic rings. The number of nitrogens with zero attached hydrogens (tertiary/aromatic N) is 1. The number of methoxy groups -OCH3 is 1. The fourth-order valence-electron chi connectivity index (χ4n) is 1.83. The van der Waals surface area contributed by atoms with Gasteiger partial charge in [0.1, 0.15) is 5.75 Å². The van der Waals surface area contributed by atoms with Crippen LogP contribution in [0.25, 0.3) is 0 Å². The third-order valence-corrected chi connectivity index (χ3v) is 5.02. The van der Waals surface area contributed by atoms with Gasteiger partial charge in [-0.25, -0.2) is 0 Å². The topological polar surface area (TPSA) is 78.7 Å². The Bertz CT molecular complexity index is 753. The number of halogens is 1. The largest absolute Gasteiger partial charge is 0.496 e. The number of benzene rings is 2. The van der Waals surface area contributed by atoms with E-state index in [9.17, 15) is 14.9 Å². The third kappa shape index (κ3) is 4.97. The Morgan fingerprint density at radius 3 is 2.71 bits per heavy atom. The van der Waals surface area contributed by atoms with Gasteiger partial charge in [0.2, 0.25) is 5.75 Å². The van der Waals surface area contributed by atoms with E-state index in [4.69, 9.17) is 9.47 Å². The number of rotatable bonds is 7. The smallest absolute Gasteiger partial charge is 0.315 e. The van der Waals surface area contributed by atoms with Crippen molar-refractivity contribution in [2.24, 2.45) is 0 Å². The second-order valence-electron chi connectivity index (χ2n) is 4.59. The fourth-order valence-corrected chi connectivity index (χ4v) is 3.33. The highest BCUT2D eigenvalue weighted by Gasteiger charge is 2.19. The van der Waals surface area contributed by atoms with Gasteiger partial charge in [-0.2, -0.15) is 0 Å². The lowest BCUT2D eigenvalue weighted by molar-refractivity contribution is -0.385. The minimum atomic E-state index is -0.610. The summed E-state index contributed by atoms with van der Waals surface area (Å²) < 4.78 is 11.0. The third-order valence-electron chi connectivity index (χ3n) is 2.99. The molecular weight excluding hydrogens is 398 g/mol. The minimum absolute atomic E-state index is 0.0864. The van der Waals surface area contributed by atoms with Gasteiger partial charge in [-0.1, -0.05) is 12.1 Å². The molecule has 24 heavy (non-hydrogen) atoms. The average molecular weight is 412 g/mol. The van der Waals surface area contributed by atoms with Crippen LogP contribution in [0.2, 0.25) is 0 Å². The molecule has 0 aliphatic heterocycles. The van der Waals surface area contributed by atoms with E-state index < -0.39 is 10.9 Å². The Balaban J connectivity index is 1.95. The first-order valence-electron chi connectivity index (χ1n) is 6.91. The highest BCUT2D eigenvalue weighted by Crippen LogP contribution is 2.32. The summed E-state index contributed by atoms with van der Waals surface area (Å²) in [4.78, 5) is 23.4. The van der Waals surface area contributed by atoms with Crippen LogP contribution < -0.4 is 9.47 Å². The highest BCUT2D eigenvalue weighted by atomic mass is 79.9.